The van der Waals surface area contributed by atoms with Gasteiger partial charge in [-0.25, -0.2) is 18.0 Å². The number of halogens is 5. The van der Waals surface area contributed by atoms with E-state index in [0.29, 0.717) is 3.57 Å². The molecule has 0 saturated heterocycles. The van der Waals surface area contributed by atoms with E-state index in [-0.39, 0.29) is 11.3 Å². The lowest BCUT2D eigenvalue weighted by Crippen LogP contribution is -2.28. The number of benzene rings is 2. The molecule has 0 bridgehead atoms. The largest absolute Gasteiger partial charge is 0.743 e. The maximum Gasteiger partial charge on any atom is 0.345 e. The van der Waals surface area contributed by atoms with Crippen LogP contribution in [0.15, 0.2) is 30.3 Å². The van der Waals surface area contributed by atoms with Crippen molar-refractivity contribution in [1.82, 2.24) is 0 Å². The zero-order valence-electron chi connectivity index (χ0n) is 16.4. The van der Waals surface area contributed by atoms with Crippen LogP contribution in [-0.4, -0.2) is 41.7 Å². The Hall–Kier alpha value is -1.26. The van der Waals surface area contributed by atoms with Crippen LogP contribution in [0.2, 0.25) is 0 Å². The van der Waals surface area contributed by atoms with E-state index in [9.17, 15) is 41.5 Å². The Morgan fingerprint density at radius 3 is 2.29 bits per heavy atom. The van der Waals surface area contributed by atoms with Crippen LogP contribution >= 0.6 is 67.8 Å². The number of nitro groups is 1. The van der Waals surface area contributed by atoms with Gasteiger partial charge in [-0.2, -0.15) is 8.78 Å². The number of carbonyl (C=O) groups excluding carboxylic acids is 2. The fraction of sp³-hybridized carbons (Fsp3) is 0.222. The van der Waals surface area contributed by atoms with Crippen LogP contribution < -0.4 is 4.74 Å². The average molecular weight is 836 g/mol. The normalized spacial score (nSPS) is 11.7. The first-order valence-corrected chi connectivity index (χ1v) is 13.4. The third kappa shape index (κ3) is 7.37. The Labute approximate surface area is 232 Å². The molecule has 0 aromatic heterocycles. The summed E-state index contributed by atoms with van der Waals surface area (Å²) in [5, 5.41) is 6.71. The minimum atomic E-state index is -5.88. The van der Waals surface area contributed by atoms with Gasteiger partial charge in [-0.15, -0.1) is 0 Å². The third-order valence-corrected chi connectivity index (χ3v) is 8.62. The zero-order chi connectivity index (χ0) is 25.8. The smallest absolute Gasteiger partial charge is 0.345 e. The highest BCUT2D eigenvalue weighted by atomic mass is 127. The summed E-state index contributed by atoms with van der Waals surface area (Å²) in [6, 6.07) is 6.30. The molecule has 2 aromatic rings. The van der Waals surface area contributed by atoms with Gasteiger partial charge in [0.05, 0.1) is 17.1 Å². The minimum Gasteiger partial charge on any atom is -0.743 e. The fourth-order valence-corrected chi connectivity index (χ4v) is 5.18. The van der Waals surface area contributed by atoms with Crippen molar-refractivity contribution in [1.29, 1.82) is 0 Å². The molecule has 184 valence electrons. The Morgan fingerprint density at radius 2 is 1.71 bits per heavy atom. The van der Waals surface area contributed by atoms with Crippen molar-refractivity contribution >= 4 is 95.5 Å². The molecule has 0 atom stereocenters. The third-order valence-electron chi connectivity index (χ3n) is 4.02. The first-order chi connectivity index (χ1) is 15.6. The Morgan fingerprint density at radius 1 is 1.06 bits per heavy atom. The van der Waals surface area contributed by atoms with E-state index in [4.69, 9.17) is 9.47 Å². The number of nitro benzene ring substituents is 1. The second kappa shape index (κ2) is 11.6. The molecule has 0 aliphatic heterocycles. The summed E-state index contributed by atoms with van der Waals surface area (Å²) in [5.74, 6) is -2.29. The molecule has 2 aromatic carbocycles. The lowest BCUT2D eigenvalue weighted by Gasteiger charge is -2.19. The van der Waals surface area contributed by atoms with Crippen molar-refractivity contribution in [3.05, 3.63) is 62.3 Å². The number of hydrogen-bond donors (Lipinski definition) is 0. The monoisotopic (exact) mass is 836 g/mol. The SMILES string of the molecule is O=C(OCCCC(F)(F)S(=O)(=O)[O-])c1cc(OC(=O)c2cc(I)cc(I)c2I)ccc1[N+](=O)[O-]. The molecule has 0 fully saturated rings. The molecule has 16 heteroatoms. The van der Waals surface area contributed by atoms with E-state index in [2.05, 4.69) is 0 Å². The molecule has 0 unspecified atom stereocenters. The summed E-state index contributed by atoms with van der Waals surface area (Å²) in [6.45, 7) is -0.746. The molecule has 2 rings (SSSR count). The first-order valence-electron chi connectivity index (χ1n) is 8.79. The zero-order valence-corrected chi connectivity index (χ0v) is 23.7. The topological polar surface area (TPSA) is 153 Å². The molecule has 0 aliphatic rings. The summed E-state index contributed by atoms with van der Waals surface area (Å²) < 4.78 is 69.9. The first kappa shape index (κ1) is 29.0. The molecule has 0 radical (unpaired) electrons. The van der Waals surface area contributed by atoms with Gasteiger partial charge in [-0.05, 0) is 92.4 Å². The van der Waals surface area contributed by atoms with Gasteiger partial charge in [0.25, 0.3) is 5.69 Å². The number of esters is 2. The molecule has 0 aliphatic carbocycles. The van der Waals surface area contributed by atoms with Crippen LogP contribution in [0.5, 0.6) is 5.75 Å². The number of ether oxygens (including phenoxy) is 2. The highest BCUT2D eigenvalue weighted by Gasteiger charge is 2.36. The van der Waals surface area contributed by atoms with Crippen molar-refractivity contribution in [3.63, 3.8) is 0 Å². The van der Waals surface area contributed by atoms with Gasteiger partial charge in [0.2, 0.25) is 0 Å². The lowest BCUT2D eigenvalue weighted by atomic mass is 10.1. The second-order valence-corrected chi connectivity index (χ2v) is 11.4. The molecule has 0 amide bonds. The van der Waals surface area contributed by atoms with Crippen LogP contribution in [0.4, 0.5) is 14.5 Å². The molecule has 0 heterocycles. The predicted octanol–water partition coefficient (Wildman–Crippen LogP) is 4.70. The highest BCUT2D eigenvalue weighted by Crippen LogP contribution is 2.29. The van der Waals surface area contributed by atoms with Gasteiger partial charge in [0.15, 0.2) is 10.1 Å². The van der Waals surface area contributed by atoms with Crippen molar-refractivity contribution in [3.8, 4) is 5.75 Å². The second-order valence-electron chi connectivity index (χ2n) is 6.41. The molecule has 0 saturated carbocycles. The number of hydrogen-bond acceptors (Lipinski definition) is 9. The van der Waals surface area contributed by atoms with Gasteiger partial charge in [-0.3, -0.25) is 10.1 Å². The van der Waals surface area contributed by atoms with E-state index in [1.54, 1.807) is 6.07 Å². The van der Waals surface area contributed by atoms with Crippen molar-refractivity contribution < 1.29 is 45.7 Å². The summed E-state index contributed by atoms with van der Waals surface area (Å²) in [4.78, 5) is 35.3. The average Bonchev–Trinajstić information content (AvgIpc) is 2.72. The number of carbonyl (C=O) groups is 2. The van der Waals surface area contributed by atoms with E-state index < -0.39 is 62.9 Å². The van der Waals surface area contributed by atoms with Crippen molar-refractivity contribution in [2.75, 3.05) is 6.61 Å². The van der Waals surface area contributed by atoms with Gasteiger partial charge < -0.3 is 14.0 Å². The van der Waals surface area contributed by atoms with Gasteiger partial charge in [-0.1, -0.05) is 0 Å². The summed E-state index contributed by atoms with van der Waals surface area (Å²) in [5.41, 5.74) is -1.09. The van der Waals surface area contributed by atoms with Crippen molar-refractivity contribution in [2.24, 2.45) is 0 Å². The number of rotatable bonds is 9. The summed E-state index contributed by atoms with van der Waals surface area (Å²) >= 11 is 6.00. The fourth-order valence-electron chi connectivity index (χ4n) is 2.41. The van der Waals surface area contributed by atoms with Crippen LogP contribution in [0, 0.1) is 20.8 Å². The van der Waals surface area contributed by atoms with E-state index in [1.807, 2.05) is 73.8 Å². The quantitative estimate of drug-likeness (QED) is 0.0512. The van der Waals surface area contributed by atoms with Crippen LogP contribution in [0.25, 0.3) is 0 Å². The van der Waals surface area contributed by atoms with Gasteiger partial charge >= 0.3 is 17.2 Å². The van der Waals surface area contributed by atoms with Crippen LogP contribution in [-0.2, 0) is 14.9 Å². The molecule has 0 N–H and O–H groups in total. The number of alkyl halides is 2. The van der Waals surface area contributed by atoms with Gasteiger partial charge in [0, 0.05) is 29.3 Å². The standard InChI is InChI=1S/C18H12F2I3NO9S/c19-18(20,34(29,30)31)4-1-5-32-16(25)11-8-10(2-3-14(11)24(27)28)33-17(26)12-6-9(21)7-13(22)15(12)23/h2-3,6-8H,1,4-5H2,(H,29,30,31)/p-1. The summed E-state index contributed by atoms with van der Waals surface area (Å²) in [7, 11) is -5.88. The summed E-state index contributed by atoms with van der Waals surface area (Å²) in [6.07, 6.45) is -2.11. The van der Waals surface area contributed by atoms with E-state index in [1.165, 1.54) is 0 Å². The Kier molecular flexibility index (Phi) is 9.93. The molecule has 34 heavy (non-hydrogen) atoms. The maximum atomic E-state index is 13.2. The lowest BCUT2D eigenvalue weighted by molar-refractivity contribution is -0.385. The Bertz CT molecular complexity index is 1260. The predicted molar refractivity (Wildman–Crippen MR) is 137 cm³/mol. The highest BCUT2D eigenvalue weighted by molar-refractivity contribution is 14.1. The van der Waals surface area contributed by atoms with Crippen LogP contribution in [0.3, 0.4) is 0 Å². The van der Waals surface area contributed by atoms with Crippen LogP contribution in [0.1, 0.15) is 33.6 Å². The molecule has 0 spiro atoms. The van der Waals surface area contributed by atoms with E-state index >= 15 is 0 Å². The molecule has 10 nitrogen and oxygen atoms in total. The molecular weight excluding hydrogens is 825 g/mol. The Balaban J connectivity index is 2.19. The van der Waals surface area contributed by atoms with Gasteiger partial charge in [0.1, 0.15) is 11.3 Å². The minimum absolute atomic E-state index is 0.212. The number of nitrogens with zero attached hydrogens (tertiary/aromatic N) is 1. The maximum absolute atomic E-state index is 13.2. The van der Waals surface area contributed by atoms with Crippen molar-refractivity contribution in [2.45, 2.75) is 18.1 Å². The molecular formula is C18H11F2I3NO9S-. The van der Waals surface area contributed by atoms with E-state index in [0.717, 1.165) is 25.3 Å².